The highest BCUT2D eigenvalue weighted by Gasteiger charge is 2.19. The van der Waals surface area contributed by atoms with E-state index < -0.39 is 0 Å². The summed E-state index contributed by atoms with van der Waals surface area (Å²) in [5, 5.41) is 0.719. The molecule has 6 heteroatoms. The molecule has 0 aliphatic carbocycles. The lowest BCUT2D eigenvalue weighted by Crippen LogP contribution is -2.39. The van der Waals surface area contributed by atoms with Gasteiger partial charge in [-0.25, -0.2) is 0 Å². The molecule has 4 nitrogen and oxygen atoms in total. The summed E-state index contributed by atoms with van der Waals surface area (Å²) in [6, 6.07) is 7.80. The number of methoxy groups -OCH3 is 1. The van der Waals surface area contributed by atoms with Crippen molar-refractivity contribution in [2.24, 2.45) is 5.73 Å². The number of carbonyl (C=O) groups excluding carboxylic acids is 1. The van der Waals surface area contributed by atoms with Crippen LogP contribution in [0.3, 0.4) is 0 Å². The lowest BCUT2D eigenvalue weighted by Gasteiger charge is -2.26. The van der Waals surface area contributed by atoms with Crippen LogP contribution >= 0.6 is 24.0 Å². The van der Waals surface area contributed by atoms with Gasteiger partial charge in [0.05, 0.1) is 12.5 Å². The summed E-state index contributed by atoms with van der Waals surface area (Å²) < 4.78 is 5.14. The average Bonchev–Trinajstić information content (AvgIpc) is 2.45. The second kappa shape index (κ2) is 10.0. The van der Waals surface area contributed by atoms with Crippen molar-refractivity contribution in [2.45, 2.75) is 31.9 Å². The Morgan fingerprint density at radius 3 is 2.43 bits per heavy atom. The van der Waals surface area contributed by atoms with Crippen LogP contribution in [0.2, 0.25) is 5.02 Å². The Labute approximate surface area is 138 Å². The van der Waals surface area contributed by atoms with Crippen molar-refractivity contribution in [3.05, 3.63) is 34.9 Å². The van der Waals surface area contributed by atoms with Gasteiger partial charge in [-0.2, -0.15) is 0 Å². The van der Waals surface area contributed by atoms with Gasteiger partial charge in [-0.3, -0.25) is 4.79 Å². The van der Waals surface area contributed by atoms with Crippen LogP contribution in [0.25, 0.3) is 0 Å². The number of nitrogens with two attached hydrogens (primary N) is 1. The highest BCUT2D eigenvalue weighted by molar-refractivity contribution is 6.30. The highest BCUT2D eigenvalue weighted by Crippen LogP contribution is 2.13. The van der Waals surface area contributed by atoms with E-state index in [1.54, 1.807) is 12.0 Å². The number of rotatable bonds is 7. The molecule has 0 heterocycles. The summed E-state index contributed by atoms with van der Waals surface area (Å²) in [6.45, 7) is 2.37. The maximum atomic E-state index is 12.1. The third-order valence-electron chi connectivity index (χ3n) is 3.50. The van der Waals surface area contributed by atoms with Crippen LogP contribution in [0.1, 0.15) is 18.9 Å². The normalized spacial score (nSPS) is 13.2. The molecule has 1 aromatic rings. The predicted octanol–water partition coefficient (Wildman–Crippen LogP) is 2.52. The Morgan fingerprint density at radius 2 is 1.95 bits per heavy atom. The van der Waals surface area contributed by atoms with Gasteiger partial charge in [0.2, 0.25) is 5.91 Å². The van der Waals surface area contributed by atoms with Crippen molar-refractivity contribution in [1.82, 2.24) is 4.90 Å². The van der Waals surface area contributed by atoms with E-state index in [0.717, 1.165) is 17.0 Å². The molecule has 1 rings (SSSR count). The minimum absolute atomic E-state index is 0. The first-order valence-electron chi connectivity index (χ1n) is 6.70. The molecule has 1 aromatic carbocycles. The fourth-order valence-corrected chi connectivity index (χ4v) is 2.07. The number of benzene rings is 1. The number of likely N-dealkylation sites (N-methyl/N-ethyl adjacent to an activating group) is 1. The maximum absolute atomic E-state index is 12.1. The Bertz CT molecular complexity index is 422. The van der Waals surface area contributed by atoms with Crippen LogP contribution < -0.4 is 5.73 Å². The lowest BCUT2D eigenvalue weighted by molar-refractivity contribution is -0.134. The number of hydrogen-bond donors (Lipinski definition) is 1. The number of hydrogen-bond acceptors (Lipinski definition) is 3. The molecule has 2 atom stereocenters. The van der Waals surface area contributed by atoms with Crippen molar-refractivity contribution >= 4 is 29.9 Å². The molecule has 2 N–H and O–H groups in total. The molecule has 0 saturated heterocycles. The summed E-state index contributed by atoms with van der Waals surface area (Å²) in [5.41, 5.74) is 6.69. The monoisotopic (exact) mass is 334 g/mol. The van der Waals surface area contributed by atoms with Crippen molar-refractivity contribution < 1.29 is 9.53 Å². The molecule has 21 heavy (non-hydrogen) atoms. The van der Waals surface area contributed by atoms with Gasteiger partial charge in [0.15, 0.2) is 0 Å². The molecule has 0 bridgehead atoms. The van der Waals surface area contributed by atoms with E-state index in [4.69, 9.17) is 22.1 Å². The Balaban J connectivity index is 0.00000400. The lowest BCUT2D eigenvalue weighted by atomic mass is 10.1. The fraction of sp³-hybridized carbons (Fsp3) is 0.533. The van der Waals surface area contributed by atoms with Gasteiger partial charge in [0.25, 0.3) is 0 Å². The quantitative estimate of drug-likeness (QED) is 0.833. The van der Waals surface area contributed by atoms with Gasteiger partial charge in [-0.15, -0.1) is 12.4 Å². The second-order valence-corrected chi connectivity index (χ2v) is 5.42. The van der Waals surface area contributed by atoms with E-state index in [9.17, 15) is 4.79 Å². The van der Waals surface area contributed by atoms with E-state index in [-0.39, 0.29) is 30.5 Å². The summed E-state index contributed by atoms with van der Waals surface area (Å²) in [6.07, 6.45) is 0.890. The Morgan fingerprint density at radius 1 is 1.38 bits per heavy atom. The van der Waals surface area contributed by atoms with E-state index in [1.807, 2.05) is 38.2 Å². The molecular formula is C15H24Cl2N2O2. The minimum atomic E-state index is -0.215. The number of ether oxygens (including phenoxy) is 1. The summed E-state index contributed by atoms with van der Waals surface area (Å²) in [5.74, 6) is 0.0452. The maximum Gasteiger partial charge on any atom is 0.225 e. The number of amides is 1. The zero-order chi connectivity index (χ0) is 15.1. The van der Waals surface area contributed by atoms with Crippen LogP contribution in [0, 0.1) is 0 Å². The summed E-state index contributed by atoms with van der Waals surface area (Å²) >= 11 is 5.86. The Hall–Kier alpha value is -0.810. The van der Waals surface area contributed by atoms with Crippen molar-refractivity contribution in [2.75, 3.05) is 20.7 Å². The number of carbonyl (C=O) groups is 1. The van der Waals surface area contributed by atoms with Gasteiger partial charge >= 0.3 is 0 Å². The standard InChI is InChI=1S/C15H23ClN2O2.ClH/c1-11(8-12-4-6-13(16)7-5-12)18(2)15(19)9-14(10-17)20-3;/h4-7,11,14H,8-10,17H2,1-3H3;1H. The molecular weight excluding hydrogens is 311 g/mol. The molecule has 2 unspecified atom stereocenters. The average molecular weight is 335 g/mol. The molecule has 0 saturated carbocycles. The first-order valence-corrected chi connectivity index (χ1v) is 7.08. The highest BCUT2D eigenvalue weighted by atomic mass is 35.5. The first-order chi connectivity index (χ1) is 9.47. The van der Waals surface area contributed by atoms with Crippen molar-refractivity contribution in [3.8, 4) is 0 Å². The van der Waals surface area contributed by atoms with Crippen LogP contribution in [0.15, 0.2) is 24.3 Å². The second-order valence-electron chi connectivity index (χ2n) is 4.98. The third kappa shape index (κ3) is 6.66. The van der Waals surface area contributed by atoms with E-state index in [0.29, 0.717) is 13.0 Å². The number of halogens is 2. The fourth-order valence-electron chi connectivity index (χ4n) is 1.95. The molecule has 1 amide bonds. The molecule has 0 aromatic heterocycles. The van der Waals surface area contributed by atoms with Gasteiger partial charge in [0.1, 0.15) is 0 Å². The van der Waals surface area contributed by atoms with Crippen LogP contribution in [-0.4, -0.2) is 43.7 Å². The molecule has 0 fully saturated rings. The first kappa shape index (κ1) is 20.2. The van der Waals surface area contributed by atoms with Crippen LogP contribution in [0.4, 0.5) is 0 Å². The Kier molecular flexibility index (Phi) is 9.62. The van der Waals surface area contributed by atoms with E-state index >= 15 is 0 Å². The topological polar surface area (TPSA) is 55.6 Å². The molecule has 0 aliphatic heterocycles. The summed E-state index contributed by atoms with van der Waals surface area (Å²) in [4.78, 5) is 13.9. The zero-order valence-electron chi connectivity index (χ0n) is 12.7. The van der Waals surface area contributed by atoms with Crippen molar-refractivity contribution in [3.63, 3.8) is 0 Å². The largest absolute Gasteiger partial charge is 0.380 e. The van der Waals surface area contributed by atoms with Gasteiger partial charge in [-0.1, -0.05) is 23.7 Å². The van der Waals surface area contributed by atoms with Gasteiger partial charge < -0.3 is 15.4 Å². The van der Waals surface area contributed by atoms with Crippen LogP contribution in [0.5, 0.6) is 0 Å². The molecule has 0 radical (unpaired) electrons. The van der Waals surface area contributed by atoms with Gasteiger partial charge in [-0.05, 0) is 31.0 Å². The van der Waals surface area contributed by atoms with E-state index in [2.05, 4.69) is 0 Å². The number of nitrogens with zero attached hydrogens (tertiary/aromatic N) is 1. The van der Waals surface area contributed by atoms with Crippen LogP contribution in [-0.2, 0) is 16.0 Å². The minimum Gasteiger partial charge on any atom is -0.380 e. The molecule has 0 spiro atoms. The van der Waals surface area contributed by atoms with E-state index in [1.165, 1.54) is 0 Å². The van der Waals surface area contributed by atoms with Crippen molar-refractivity contribution in [1.29, 1.82) is 0 Å². The smallest absolute Gasteiger partial charge is 0.225 e. The zero-order valence-corrected chi connectivity index (χ0v) is 14.3. The van der Waals surface area contributed by atoms with Gasteiger partial charge in [0, 0.05) is 31.8 Å². The summed E-state index contributed by atoms with van der Waals surface area (Å²) in [7, 11) is 3.38. The molecule has 0 aliphatic rings. The SMILES string of the molecule is COC(CN)CC(=O)N(C)C(C)Cc1ccc(Cl)cc1.Cl. The third-order valence-corrected chi connectivity index (χ3v) is 3.75. The predicted molar refractivity (Wildman–Crippen MR) is 89.1 cm³/mol. The molecule has 120 valence electrons.